The number of rotatable bonds is 2. The highest BCUT2D eigenvalue weighted by Gasteiger charge is 2.29. The number of primary amides is 1. The van der Waals surface area contributed by atoms with Crippen molar-refractivity contribution >= 4 is 34.9 Å². The second-order valence-electron chi connectivity index (χ2n) is 3.92. The summed E-state index contributed by atoms with van der Waals surface area (Å²) in [6.45, 7) is 0.695. The zero-order valence-electron chi connectivity index (χ0n) is 9.07. The predicted octanol–water partition coefficient (Wildman–Crippen LogP) is 1.63. The number of carbonyl (C=O) groups excluding carboxylic acids is 1. The Morgan fingerprint density at radius 1 is 1.47 bits per heavy atom. The quantitative estimate of drug-likeness (QED) is 0.832. The first-order valence-corrected chi connectivity index (χ1v) is 6.09. The highest BCUT2D eigenvalue weighted by Crippen LogP contribution is 2.29. The number of carbonyl (C=O) groups is 1. The van der Waals surface area contributed by atoms with Crippen LogP contribution in [0.25, 0.3) is 0 Å². The molecular weight excluding hydrogens is 263 g/mol. The molecule has 5 nitrogen and oxygen atoms in total. The molecule has 17 heavy (non-hydrogen) atoms. The molecule has 2 N–H and O–H groups in total. The van der Waals surface area contributed by atoms with Gasteiger partial charge in [-0.05, 0) is 30.9 Å². The van der Waals surface area contributed by atoms with Crippen LogP contribution in [0.5, 0.6) is 0 Å². The zero-order chi connectivity index (χ0) is 12.4. The number of halogens is 2. The van der Waals surface area contributed by atoms with E-state index < -0.39 is 0 Å². The molecule has 1 aliphatic heterocycles. The number of anilines is 1. The van der Waals surface area contributed by atoms with Crippen molar-refractivity contribution in [2.45, 2.75) is 25.3 Å². The van der Waals surface area contributed by atoms with E-state index in [2.05, 4.69) is 9.97 Å². The van der Waals surface area contributed by atoms with Gasteiger partial charge in [0.1, 0.15) is 11.1 Å². The first-order chi connectivity index (χ1) is 8.09. The molecule has 1 aliphatic rings. The van der Waals surface area contributed by atoms with Gasteiger partial charge < -0.3 is 10.6 Å². The normalized spacial score (nSPS) is 20.4. The van der Waals surface area contributed by atoms with Crippen molar-refractivity contribution in [3.05, 3.63) is 16.5 Å². The molecule has 0 spiro atoms. The van der Waals surface area contributed by atoms with Crippen LogP contribution in [0.2, 0.25) is 10.3 Å². The van der Waals surface area contributed by atoms with E-state index in [1.54, 1.807) is 0 Å². The highest BCUT2D eigenvalue weighted by molar-refractivity contribution is 6.33. The minimum absolute atomic E-state index is 0.109. The molecule has 1 fully saturated rings. The molecule has 0 bridgehead atoms. The maximum atomic E-state index is 11.4. The molecule has 1 unspecified atom stereocenters. The van der Waals surface area contributed by atoms with E-state index in [9.17, 15) is 4.79 Å². The van der Waals surface area contributed by atoms with Gasteiger partial charge in [-0.2, -0.15) is 4.98 Å². The fraction of sp³-hybridized carbons (Fsp3) is 0.500. The van der Waals surface area contributed by atoms with Crippen LogP contribution < -0.4 is 10.6 Å². The molecule has 1 saturated heterocycles. The molecule has 1 atom stereocenters. The Morgan fingerprint density at radius 2 is 2.24 bits per heavy atom. The summed E-state index contributed by atoms with van der Waals surface area (Å²) < 4.78 is 0. The van der Waals surface area contributed by atoms with Gasteiger partial charge in [0.15, 0.2) is 5.82 Å². The van der Waals surface area contributed by atoms with Gasteiger partial charge in [-0.15, -0.1) is 0 Å². The SMILES string of the molecule is NC(=O)C1CCCCN1c1nc(Cl)ncc1Cl. The fourth-order valence-corrected chi connectivity index (χ4v) is 2.35. The third kappa shape index (κ3) is 2.61. The predicted molar refractivity (Wildman–Crippen MR) is 66.2 cm³/mol. The molecule has 0 aromatic carbocycles. The summed E-state index contributed by atoms with van der Waals surface area (Å²) >= 11 is 11.8. The van der Waals surface area contributed by atoms with Crippen LogP contribution in [0.4, 0.5) is 5.82 Å². The van der Waals surface area contributed by atoms with Gasteiger partial charge in [-0.25, -0.2) is 4.98 Å². The summed E-state index contributed by atoms with van der Waals surface area (Å²) in [6.07, 6.45) is 4.09. The highest BCUT2D eigenvalue weighted by atomic mass is 35.5. The van der Waals surface area contributed by atoms with Crippen molar-refractivity contribution in [2.24, 2.45) is 5.73 Å². The Balaban J connectivity index is 2.35. The van der Waals surface area contributed by atoms with Crippen molar-refractivity contribution in [3.63, 3.8) is 0 Å². The van der Waals surface area contributed by atoms with E-state index >= 15 is 0 Å². The number of hydrogen-bond donors (Lipinski definition) is 1. The van der Waals surface area contributed by atoms with Crippen molar-refractivity contribution in [1.82, 2.24) is 9.97 Å². The lowest BCUT2D eigenvalue weighted by atomic mass is 10.0. The summed E-state index contributed by atoms with van der Waals surface area (Å²) in [4.78, 5) is 21.1. The molecule has 2 heterocycles. The summed E-state index contributed by atoms with van der Waals surface area (Å²) in [5, 5.41) is 0.487. The lowest BCUT2D eigenvalue weighted by molar-refractivity contribution is -0.119. The number of nitrogens with zero attached hydrogens (tertiary/aromatic N) is 3. The average molecular weight is 275 g/mol. The minimum atomic E-state index is -0.368. The standard InChI is InChI=1S/C10H12Cl2N4O/c11-6-5-14-10(12)15-9(6)16-4-2-1-3-7(16)8(13)17/h5,7H,1-4H2,(H2,13,17). The molecular formula is C10H12Cl2N4O. The molecule has 7 heteroatoms. The Bertz CT molecular complexity index is 440. The Kier molecular flexibility index (Phi) is 3.69. The van der Waals surface area contributed by atoms with Crippen LogP contribution in [-0.2, 0) is 4.79 Å². The molecule has 0 aliphatic carbocycles. The zero-order valence-corrected chi connectivity index (χ0v) is 10.6. The molecule has 1 aromatic rings. The number of hydrogen-bond acceptors (Lipinski definition) is 4. The first kappa shape index (κ1) is 12.4. The van der Waals surface area contributed by atoms with Gasteiger partial charge in [-0.1, -0.05) is 11.6 Å². The third-order valence-electron chi connectivity index (χ3n) is 2.80. The Labute approximate surface area is 109 Å². The van der Waals surface area contributed by atoms with Crippen molar-refractivity contribution in [2.75, 3.05) is 11.4 Å². The second kappa shape index (κ2) is 5.06. The Hall–Kier alpha value is -1.07. The van der Waals surface area contributed by atoms with Gasteiger partial charge in [0.05, 0.1) is 6.20 Å². The van der Waals surface area contributed by atoms with Crippen LogP contribution in [-0.4, -0.2) is 28.5 Å². The maximum Gasteiger partial charge on any atom is 0.240 e. The molecule has 2 rings (SSSR count). The van der Waals surface area contributed by atoms with Crippen LogP contribution in [0.1, 0.15) is 19.3 Å². The van der Waals surface area contributed by atoms with Crippen LogP contribution in [0.15, 0.2) is 6.20 Å². The van der Waals surface area contributed by atoms with E-state index in [1.165, 1.54) is 6.20 Å². The number of aromatic nitrogens is 2. The molecule has 92 valence electrons. The summed E-state index contributed by atoms with van der Waals surface area (Å²) in [7, 11) is 0. The summed E-state index contributed by atoms with van der Waals surface area (Å²) in [6, 6.07) is -0.368. The monoisotopic (exact) mass is 274 g/mol. The van der Waals surface area contributed by atoms with E-state index in [0.717, 1.165) is 12.8 Å². The van der Waals surface area contributed by atoms with Gasteiger partial charge in [0.25, 0.3) is 0 Å². The van der Waals surface area contributed by atoms with Crippen LogP contribution in [0.3, 0.4) is 0 Å². The van der Waals surface area contributed by atoms with Gasteiger partial charge >= 0.3 is 0 Å². The van der Waals surface area contributed by atoms with Crippen molar-refractivity contribution in [1.29, 1.82) is 0 Å². The smallest absolute Gasteiger partial charge is 0.240 e. The minimum Gasteiger partial charge on any atom is -0.368 e. The van der Waals surface area contributed by atoms with Crippen molar-refractivity contribution in [3.8, 4) is 0 Å². The largest absolute Gasteiger partial charge is 0.368 e. The topological polar surface area (TPSA) is 72.1 Å². The lowest BCUT2D eigenvalue weighted by Crippen LogP contribution is -2.48. The summed E-state index contributed by atoms with van der Waals surface area (Å²) in [5.74, 6) is 0.116. The maximum absolute atomic E-state index is 11.4. The van der Waals surface area contributed by atoms with Crippen LogP contribution in [0, 0.1) is 0 Å². The second-order valence-corrected chi connectivity index (χ2v) is 4.66. The number of nitrogens with two attached hydrogens (primary N) is 1. The van der Waals surface area contributed by atoms with E-state index in [0.29, 0.717) is 23.8 Å². The molecule has 1 amide bonds. The van der Waals surface area contributed by atoms with Gasteiger partial charge in [-0.3, -0.25) is 4.79 Å². The van der Waals surface area contributed by atoms with E-state index in [-0.39, 0.29) is 17.2 Å². The van der Waals surface area contributed by atoms with Gasteiger partial charge in [0, 0.05) is 6.54 Å². The fourth-order valence-electron chi connectivity index (χ4n) is 2.02. The third-order valence-corrected chi connectivity index (χ3v) is 3.25. The molecule has 1 aromatic heterocycles. The number of piperidine rings is 1. The number of amides is 1. The van der Waals surface area contributed by atoms with Gasteiger partial charge in [0.2, 0.25) is 11.2 Å². The van der Waals surface area contributed by atoms with E-state index in [1.807, 2.05) is 4.90 Å². The lowest BCUT2D eigenvalue weighted by Gasteiger charge is -2.34. The van der Waals surface area contributed by atoms with E-state index in [4.69, 9.17) is 28.9 Å². The van der Waals surface area contributed by atoms with Crippen LogP contribution >= 0.6 is 23.2 Å². The summed E-state index contributed by atoms with van der Waals surface area (Å²) in [5.41, 5.74) is 5.38. The Morgan fingerprint density at radius 3 is 2.94 bits per heavy atom. The molecule has 0 radical (unpaired) electrons. The van der Waals surface area contributed by atoms with Crippen molar-refractivity contribution < 1.29 is 4.79 Å². The first-order valence-electron chi connectivity index (χ1n) is 5.33. The molecule has 0 saturated carbocycles. The average Bonchev–Trinajstić information content (AvgIpc) is 2.32.